The number of fused-ring (bicyclic) bond motifs is 3. The van der Waals surface area contributed by atoms with Crippen LogP contribution < -0.4 is 10.6 Å². The number of carbonyl (C=O) groups excluding carboxylic acids is 1. The first-order chi connectivity index (χ1) is 22.0. The third-order valence-corrected chi connectivity index (χ3v) is 10.6. The summed E-state index contributed by atoms with van der Waals surface area (Å²) < 4.78 is 36.0. The van der Waals surface area contributed by atoms with E-state index in [-0.39, 0.29) is 18.9 Å². The molecule has 0 radical (unpaired) electrons. The van der Waals surface area contributed by atoms with Gasteiger partial charge in [0.05, 0.1) is 4.90 Å². The predicted octanol–water partition coefficient (Wildman–Crippen LogP) is 7.18. The Kier molecular flexibility index (Phi) is 9.68. The van der Waals surface area contributed by atoms with Crippen molar-refractivity contribution in [2.45, 2.75) is 43.4 Å². The molecule has 9 nitrogen and oxygen atoms in total. The number of benzene rings is 4. The number of aromatic nitrogens is 3. The van der Waals surface area contributed by atoms with E-state index >= 15 is 0 Å². The van der Waals surface area contributed by atoms with Crippen LogP contribution in [0.3, 0.4) is 0 Å². The van der Waals surface area contributed by atoms with Crippen molar-refractivity contribution in [1.29, 1.82) is 0 Å². The fourth-order valence-electron chi connectivity index (χ4n) is 5.61. The number of hydrogen-bond donors (Lipinski definition) is 2. The van der Waals surface area contributed by atoms with Gasteiger partial charge >= 0.3 is 0 Å². The van der Waals surface area contributed by atoms with Crippen molar-refractivity contribution in [3.05, 3.63) is 97.3 Å². The number of imidazole rings is 1. The summed E-state index contributed by atoms with van der Waals surface area (Å²) in [7, 11) is -3.78. The Labute approximate surface area is 267 Å². The van der Waals surface area contributed by atoms with Gasteiger partial charge in [-0.2, -0.15) is 8.68 Å². The molecule has 2 heterocycles. The van der Waals surface area contributed by atoms with Gasteiger partial charge in [-0.3, -0.25) is 9.20 Å². The van der Waals surface area contributed by atoms with Gasteiger partial charge < -0.3 is 10.6 Å². The Morgan fingerprint density at radius 3 is 2.33 bits per heavy atom. The first-order valence-corrected chi connectivity index (χ1v) is 17.5. The minimum atomic E-state index is -3.78. The van der Waals surface area contributed by atoms with Crippen molar-refractivity contribution in [1.82, 2.24) is 18.1 Å². The number of hydrogen-bond acceptors (Lipinski definition) is 7. The van der Waals surface area contributed by atoms with E-state index in [1.165, 1.54) is 11.5 Å². The first kappa shape index (κ1) is 30.7. The Balaban J connectivity index is 1.06. The van der Waals surface area contributed by atoms with Crippen LogP contribution in [0.1, 0.15) is 38.5 Å². The molecule has 0 fully saturated rings. The molecule has 0 spiro atoms. The monoisotopic (exact) mass is 640 g/mol. The summed E-state index contributed by atoms with van der Waals surface area (Å²) in [6, 6.07) is 26.7. The molecule has 4 aromatic carbocycles. The first-order valence-electron chi connectivity index (χ1n) is 15.3. The van der Waals surface area contributed by atoms with Gasteiger partial charge in [0, 0.05) is 66.4 Å². The Hall–Kier alpha value is -4.32. The molecule has 0 atom stereocenters. The molecule has 0 saturated carbocycles. The lowest BCUT2D eigenvalue weighted by atomic mass is 10.1. The van der Waals surface area contributed by atoms with Crippen molar-refractivity contribution in [3.63, 3.8) is 0 Å². The molecular formula is C34H36N6O3S2. The quantitative estimate of drug-likeness (QED) is 0.115. The number of nitrogens with one attached hydrogen (secondary N) is 2. The summed E-state index contributed by atoms with van der Waals surface area (Å²) in [5.41, 5.74) is 0.761. The second-order valence-corrected chi connectivity index (χ2v) is 13.6. The number of sulfonamides is 1. The van der Waals surface area contributed by atoms with E-state index in [4.69, 9.17) is 0 Å². The van der Waals surface area contributed by atoms with E-state index < -0.39 is 10.0 Å². The van der Waals surface area contributed by atoms with Crippen LogP contribution in [0.15, 0.2) is 102 Å². The number of amides is 1. The van der Waals surface area contributed by atoms with Crippen LogP contribution in [0.2, 0.25) is 0 Å². The van der Waals surface area contributed by atoms with Crippen molar-refractivity contribution < 1.29 is 13.2 Å². The van der Waals surface area contributed by atoms with Crippen molar-refractivity contribution in [2.24, 2.45) is 0 Å². The average Bonchev–Trinajstić information content (AvgIpc) is 3.68. The van der Waals surface area contributed by atoms with Crippen LogP contribution in [0.4, 0.5) is 11.6 Å². The normalized spacial score (nSPS) is 11.9. The van der Waals surface area contributed by atoms with Crippen LogP contribution in [0.5, 0.6) is 0 Å². The van der Waals surface area contributed by atoms with Crippen LogP contribution in [-0.2, 0) is 14.8 Å². The van der Waals surface area contributed by atoms with Crippen LogP contribution in [0, 0.1) is 0 Å². The van der Waals surface area contributed by atoms with Crippen molar-refractivity contribution in [2.75, 3.05) is 30.3 Å². The predicted molar refractivity (Wildman–Crippen MR) is 182 cm³/mol. The van der Waals surface area contributed by atoms with Gasteiger partial charge in [-0.1, -0.05) is 85.6 Å². The fourth-order valence-corrected chi connectivity index (χ4v) is 8.00. The maximum Gasteiger partial charge on any atom is 0.243 e. The summed E-state index contributed by atoms with van der Waals surface area (Å²) in [5.74, 6) is 0.666. The Morgan fingerprint density at radius 1 is 0.800 bits per heavy atom. The van der Waals surface area contributed by atoms with E-state index in [0.29, 0.717) is 23.2 Å². The summed E-state index contributed by atoms with van der Waals surface area (Å²) in [4.78, 5) is 18.3. The highest BCUT2D eigenvalue weighted by atomic mass is 32.2. The molecule has 0 aliphatic carbocycles. The molecule has 1 amide bonds. The number of anilines is 2. The smallest absolute Gasteiger partial charge is 0.243 e. The minimum absolute atomic E-state index is 0.130. The maximum atomic E-state index is 14.0. The number of nitrogens with zero attached hydrogens (tertiary/aromatic N) is 4. The van der Waals surface area contributed by atoms with Crippen LogP contribution >= 0.6 is 11.5 Å². The van der Waals surface area contributed by atoms with E-state index in [1.807, 2.05) is 83.4 Å². The number of carbonyl (C=O) groups is 1. The van der Waals surface area contributed by atoms with Crippen molar-refractivity contribution >= 4 is 65.6 Å². The fraction of sp³-hybridized carbons (Fsp3) is 0.265. The SMILES string of the molecule is O=C(CCCN(CCCCCCNc1nsc2nccn12)S(=O)(=O)c1cccc2ccccc12)Nc1cccc2ccccc12. The highest BCUT2D eigenvalue weighted by molar-refractivity contribution is 7.89. The van der Waals surface area contributed by atoms with E-state index in [1.54, 1.807) is 22.6 Å². The molecular weight excluding hydrogens is 605 g/mol. The molecule has 11 heteroatoms. The molecule has 2 aromatic heterocycles. The van der Waals surface area contributed by atoms with Crippen LogP contribution in [0.25, 0.3) is 26.5 Å². The summed E-state index contributed by atoms with van der Waals surface area (Å²) >= 11 is 1.36. The second-order valence-electron chi connectivity index (χ2n) is 11.0. The molecule has 232 valence electrons. The molecule has 0 aliphatic rings. The lowest BCUT2D eigenvalue weighted by Crippen LogP contribution is -2.33. The highest BCUT2D eigenvalue weighted by Gasteiger charge is 2.26. The maximum absolute atomic E-state index is 14.0. The summed E-state index contributed by atoms with van der Waals surface area (Å²) in [6.07, 6.45) is 7.81. The second kappa shape index (κ2) is 14.2. The zero-order valence-corrected chi connectivity index (χ0v) is 26.6. The zero-order chi connectivity index (χ0) is 31.1. The van der Waals surface area contributed by atoms with E-state index in [0.717, 1.165) is 65.0 Å². The molecule has 6 rings (SSSR count). The molecule has 0 bridgehead atoms. The van der Waals surface area contributed by atoms with Gasteiger partial charge in [-0.05, 0) is 42.2 Å². The molecule has 45 heavy (non-hydrogen) atoms. The van der Waals surface area contributed by atoms with E-state index in [9.17, 15) is 13.2 Å². The molecule has 0 unspecified atom stereocenters. The van der Waals surface area contributed by atoms with Crippen LogP contribution in [-0.4, -0.2) is 52.0 Å². The van der Waals surface area contributed by atoms with E-state index in [2.05, 4.69) is 20.0 Å². The molecule has 0 saturated heterocycles. The average molecular weight is 641 g/mol. The van der Waals surface area contributed by atoms with Gasteiger partial charge in [-0.15, -0.1) is 0 Å². The van der Waals surface area contributed by atoms with Gasteiger partial charge in [0.2, 0.25) is 26.8 Å². The Morgan fingerprint density at radius 2 is 1.49 bits per heavy atom. The van der Waals surface area contributed by atoms with Gasteiger partial charge in [0.25, 0.3) is 0 Å². The summed E-state index contributed by atoms with van der Waals surface area (Å²) in [6.45, 7) is 1.44. The zero-order valence-electron chi connectivity index (χ0n) is 24.9. The molecule has 6 aromatic rings. The summed E-state index contributed by atoms with van der Waals surface area (Å²) in [5, 5.41) is 10.0. The van der Waals surface area contributed by atoms with Crippen molar-refractivity contribution in [3.8, 4) is 0 Å². The van der Waals surface area contributed by atoms with Gasteiger partial charge in [0.15, 0.2) is 0 Å². The topological polar surface area (TPSA) is 109 Å². The van der Waals surface area contributed by atoms with Gasteiger partial charge in [0.1, 0.15) is 0 Å². The third-order valence-electron chi connectivity index (χ3n) is 7.91. The standard InChI is InChI=1S/C34H36N6O3S2/c41-32(37-30-18-9-14-26-12-3-5-16-28(26)30)20-11-24-39(45(42,43)31-19-10-15-27-13-4-6-17-29(27)31)23-8-2-1-7-21-35-33-38-44-34-36-22-25-40(33)34/h3-6,9-10,12-19,22,25H,1-2,7-8,11,20-21,23-24H2,(H,35,38)(H,37,41). The number of unbranched alkanes of at least 4 members (excludes halogenated alkanes) is 3. The molecule has 0 aliphatic heterocycles. The minimum Gasteiger partial charge on any atom is -0.355 e. The molecule has 2 N–H and O–H groups in total. The lowest BCUT2D eigenvalue weighted by molar-refractivity contribution is -0.116. The third kappa shape index (κ3) is 7.16. The highest BCUT2D eigenvalue weighted by Crippen LogP contribution is 2.27. The lowest BCUT2D eigenvalue weighted by Gasteiger charge is -2.23. The van der Waals surface area contributed by atoms with Gasteiger partial charge in [-0.25, -0.2) is 13.4 Å². The number of rotatable bonds is 15. The largest absolute Gasteiger partial charge is 0.355 e. The Bertz CT molecular complexity index is 2010.